The fourth-order valence-electron chi connectivity index (χ4n) is 4.72. The number of rotatable bonds is 4. The second-order valence-electron chi connectivity index (χ2n) is 10.4. The minimum absolute atomic E-state index is 0. The zero-order valence-corrected chi connectivity index (χ0v) is 26.5. The maximum Gasteiger partial charge on any atom is 4.00 e. The summed E-state index contributed by atoms with van der Waals surface area (Å²) in [6.45, 7) is 0. The van der Waals surface area contributed by atoms with Crippen LogP contribution in [0.15, 0.2) is 84.9 Å². The molecule has 0 aliphatic heterocycles. The van der Waals surface area contributed by atoms with Gasteiger partial charge in [-0.15, -0.1) is 36.4 Å². The van der Waals surface area contributed by atoms with Crippen molar-refractivity contribution < 1.29 is 58.3 Å². The Morgan fingerprint density at radius 1 is 0.578 bits per heavy atom. The molecule has 2 fully saturated rings. The summed E-state index contributed by atoms with van der Waals surface area (Å²) < 4.78 is 61.5. The first-order valence-corrected chi connectivity index (χ1v) is 14.8. The smallest absolute Gasteiger partial charge is 0.487 e. The van der Waals surface area contributed by atoms with Gasteiger partial charge in [-0.2, -0.15) is 36.4 Å². The van der Waals surface area contributed by atoms with E-state index in [4.69, 9.17) is 9.47 Å². The molecule has 0 amide bonds. The van der Waals surface area contributed by atoms with E-state index in [9.17, 15) is 27.2 Å². The third-order valence-corrected chi connectivity index (χ3v) is 7.06. The van der Waals surface area contributed by atoms with Crippen LogP contribution in [0.1, 0.15) is 64.2 Å². The number of ether oxygens (including phenoxy) is 2. The molecule has 236 valence electrons. The number of halogens is 4. The molecular weight excluding hydrogens is 620 g/mol. The van der Waals surface area contributed by atoms with Crippen LogP contribution in [0.5, 0.6) is 11.5 Å². The SMILES string of the molecule is O=C(Oc1ccc(F)[c-]c1F)C1CCCCC1.O=C(Oc1ccc(F)[c-]c1F)C1CCCCC1.[Ti+4].c1cc[cH-]c1.c1cc[cH-]c1. The number of esters is 2. The van der Waals surface area contributed by atoms with Gasteiger partial charge >= 0.3 is 33.7 Å². The van der Waals surface area contributed by atoms with Crippen molar-refractivity contribution in [2.45, 2.75) is 64.2 Å². The average Bonchev–Trinajstić information content (AvgIpc) is 3.82. The fraction of sp³-hybridized carbons (Fsp3) is 0.333. The molecule has 4 aromatic rings. The van der Waals surface area contributed by atoms with E-state index in [1.54, 1.807) is 0 Å². The summed E-state index contributed by atoms with van der Waals surface area (Å²) in [6, 6.07) is 27.9. The van der Waals surface area contributed by atoms with Crippen molar-refractivity contribution in [3.05, 3.63) is 120 Å². The summed E-state index contributed by atoms with van der Waals surface area (Å²) in [5, 5.41) is 0. The normalized spacial score (nSPS) is 14.5. The molecule has 2 aliphatic rings. The molecular formula is C36H36F4O4Ti. The number of hydrogen-bond acceptors (Lipinski definition) is 4. The predicted octanol–water partition coefficient (Wildman–Crippen LogP) is 9.31. The van der Waals surface area contributed by atoms with Gasteiger partial charge in [0, 0.05) is 11.6 Å². The Morgan fingerprint density at radius 3 is 1.18 bits per heavy atom. The van der Waals surface area contributed by atoms with Crippen molar-refractivity contribution in [2.24, 2.45) is 11.8 Å². The van der Waals surface area contributed by atoms with Crippen LogP contribution in [-0.4, -0.2) is 11.9 Å². The summed E-state index contributed by atoms with van der Waals surface area (Å²) in [4.78, 5) is 23.4. The van der Waals surface area contributed by atoms with E-state index >= 15 is 0 Å². The van der Waals surface area contributed by atoms with Crippen molar-refractivity contribution in [3.63, 3.8) is 0 Å². The summed E-state index contributed by atoms with van der Waals surface area (Å²) in [5.41, 5.74) is 0. The van der Waals surface area contributed by atoms with Crippen molar-refractivity contribution in [1.29, 1.82) is 0 Å². The molecule has 9 heteroatoms. The van der Waals surface area contributed by atoms with Crippen molar-refractivity contribution in [1.82, 2.24) is 0 Å². The summed E-state index contributed by atoms with van der Waals surface area (Å²) in [7, 11) is 0. The molecule has 4 nitrogen and oxygen atoms in total. The van der Waals surface area contributed by atoms with Crippen molar-refractivity contribution in [3.8, 4) is 11.5 Å². The Balaban J connectivity index is 0.000000235. The van der Waals surface area contributed by atoms with E-state index in [1.165, 1.54) is 0 Å². The monoisotopic (exact) mass is 656 g/mol. The molecule has 6 rings (SSSR count). The van der Waals surface area contributed by atoms with Gasteiger partial charge in [-0.1, -0.05) is 38.5 Å². The Bertz CT molecular complexity index is 1220. The Labute approximate surface area is 277 Å². The molecule has 4 aromatic carbocycles. The second kappa shape index (κ2) is 21.3. The van der Waals surface area contributed by atoms with Gasteiger partial charge in [0.1, 0.15) is 0 Å². The minimum atomic E-state index is -0.964. The van der Waals surface area contributed by atoms with Gasteiger partial charge in [0.05, 0.1) is 35.0 Å². The van der Waals surface area contributed by atoms with Crippen LogP contribution in [0.4, 0.5) is 17.6 Å². The first-order valence-electron chi connectivity index (χ1n) is 14.8. The van der Waals surface area contributed by atoms with E-state index in [2.05, 4.69) is 0 Å². The van der Waals surface area contributed by atoms with Gasteiger partial charge in [0.15, 0.2) is 0 Å². The molecule has 2 saturated carbocycles. The standard InChI is InChI=1S/2C13H13F2O2.2C5H5.Ti/c2*14-10-6-7-12(11(15)8-10)17-13(16)9-4-2-1-3-5-9;2*1-2-4-5-3-1;/h2*6-7,9H,1-5H2;2*1-5H;/q4*-1;+4. The van der Waals surface area contributed by atoms with Crippen LogP contribution >= 0.6 is 0 Å². The Kier molecular flexibility index (Phi) is 17.8. The Morgan fingerprint density at radius 2 is 0.911 bits per heavy atom. The van der Waals surface area contributed by atoms with E-state index in [0.29, 0.717) is 0 Å². The number of benzene rings is 2. The second-order valence-corrected chi connectivity index (χ2v) is 10.4. The van der Waals surface area contributed by atoms with Gasteiger partial charge in [-0.25, -0.2) is 41.8 Å². The predicted molar refractivity (Wildman–Crippen MR) is 159 cm³/mol. The molecule has 0 aromatic heterocycles. The molecule has 0 unspecified atom stereocenters. The summed E-state index contributed by atoms with van der Waals surface area (Å²) in [5.74, 6) is -5.21. The largest absolute Gasteiger partial charge is 4.00 e. The zero-order chi connectivity index (χ0) is 31.6. The fourth-order valence-corrected chi connectivity index (χ4v) is 4.72. The van der Waals surface area contributed by atoms with Crippen molar-refractivity contribution >= 4 is 11.9 Å². The molecule has 0 bridgehead atoms. The van der Waals surface area contributed by atoms with Crippen LogP contribution < -0.4 is 9.47 Å². The minimum Gasteiger partial charge on any atom is -0.487 e. The topological polar surface area (TPSA) is 52.6 Å². The number of carbonyl (C=O) groups excluding carboxylic acids is 2. The van der Waals surface area contributed by atoms with E-state index in [1.807, 2.05) is 72.8 Å². The molecule has 0 radical (unpaired) electrons. The first-order chi connectivity index (χ1) is 21.3. The number of hydrogen-bond donors (Lipinski definition) is 0. The van der Waals surface area contributed by atoms with E-state index in [-0.39, 0.29) is 45.1 Å². The van der Waals surface area contributed by atoms with E-state index < -0.39 is 35.2 Å². The average molecular weight is 657 g/mol. The maximum absolute atomic E-state index is 13.2. The zero-order valence-electron chi connectivity index (χ0n) is 25.0. The van der Waals surface area contributed by atoms with Crippen LogP contribution in [0.3, 0.4) is 0 Å². The van der Waals surface area contributed by atoms with Gasteiger partial charge < -0.3 is 9.47 Å². The number of carbonyl (C=O) groups is 2. The molecule has 2 aliphatic carbocycles. The van der Waals surface area contributed by atoms with E-state index in [0.717, 1.165) is 88.5 Å². The van der Waals surface area contributed by atoms with Gasteiger partial charge in [-0.3, -0.25) is 9.59 Å². The van der Waals surface area contributed by atoms with Crippen molar-refractivity contribution in [2.75, 3.05) is 0 Å². The quantitative estimate of drug-likeness (QED) is 0.0723. The van der Waals surface area contributed by atoms with Crippen LogP contribution in [0.25, 0.3) is 0 Å². The molecule has 0 saturated heterocycles. The molecule has 0 spiro atoms. The molecule has 45 heavy (non-hydrogen) atoms. The first kappa shape index (κ1) is 37.7. The van der Waals surface area contributed by atoms with Crippen LogP contribution in [0.2, 0.25) is 0 Å². The third kappa shape index (κ3) is 14.4. The van der Waals surface area contributed by atoms with Gasteiger partial charge in [0.2, 0.25) is 0 Å². The van der Waals surface area contributed by atoms with Gasteiger partial charge in [0.25, 0.3) is 0 Å². The summed E-state index contributed by atoms with van der Waals surface area (Å²) >= 11 is 0. The molecule has 0 N–H and O–H groups in total. The molecule has 0 atom stereocenters. The maximum atomic E-state index is 13.2. The third-order valence-electron chi connectivity index (χ3n) is 7.06. The van der Waals surface area contributed by atoms with Gasteiger partial charge in [-0.05, 0) is 25.7 Å². The van der Waals surface area contributed by atoms with Crippen LogP contribution in [0, 0.1) is 47.2 Å². The Hall–Kier alpha value is -3.49. The molecule has 0 heterocycles. The van der Waals surface area contributed by atoms with Crippen LogP contribution in [-0.2, 0) is 31.3 Å². The summed E-state index contributed by atoms with van der Waals surface area (Å²) in [6.07, 6.45) is 9.38.